The van der Waals surface area contributed by atoms with E-state index in [9.17, 15) is 18.0 Å². The van der Waals surface area contributed by atoms with Crippen LogP contribution in [0, 0.1) is 0 Å². The van der Waals surface area contributed by atoms with Crippen LogP contribution < -0.4 is 0 Å². The van der Waals surface area contributed by atoms with Gasteiger partial charge in [-0.3, -0.25) is 4.79 Å². The first-order valence-electron chi connectivity index (χ1n) is 4.89. The molecule has 7 heteroatoms. The molecule has 0 unspecified atom stereocenters. The predicted octanol–water partition coefficient (Wildman–Crippen LogP) is 2.32. The summed E-state index contributed by atoms with van der Waals surface area (Å²) in [6.07, 6.45) is -2.87. The zero-order chi connectivity index (χ0) is 11.8. The van der Waals surface area contributed by atoms with Crippen LogP contribution in [0.3, 0.4) is 0 Å². The second-order valence-corrected chi connectivity index (χ2v) is 3.77. The monoisotopic (exact) mass is 234 g/mol. The Balaban J connectivity index is 2.10. The van der Waals surface area contributed by atoms with Crippen LogP contribution in [0.4, 0.5) is 13.2 Å². The van der Waals surface area contributed by atoms with Crippen molar-refractivity contribution >= 4 is 5.78 Å². The highest BCUT2D eigenvalue weighted by Crippen LogP contribution is 2.32. The molecule has 1 aromatic rings. The molecule has 0 atom stereocenters. The SMILES string of the molecule is O=C1CCC(c2nc(C(F)(F)F)no2)CC1. The van der Waals surface area contributed by atoms with Crippen molar-refractivity contribution in [1.82, 2.24) is 10.1 Å². The minimum absolute atomic E-state index is 0.0141. The van der Waals surface area contributed by atoms with Gasteiger partial charge in [0.2, 0.25) is 5.89 Å². The van der Waals surface area contributed by atoms with Gasteiger partial charge < -0.3 is 4.52 Å². The molecule has 4 nitrogen and oxygen atoms in total. The number of rotatable bonds is 1. The number of hydrogen-bond acceptors (Lipinski definition) is 4. The maximum atomic E-state index is 12.2. The molecule has 0 aromatic carbocycles. The lowest BCUT2D eigenvalue weighted by molar-refractivity contribution is -0.146. The van der Waals surface area contributed by atoms with E-state index >= 15 is 0 Å². The van der Waals surface area contributed by atoms with Crippen LogP contribution >= 0.6 is 0 Å². The Bertz CT molecular complexity index is 390. The molecule has 0 amide bonds. The molecular formula is C9H9F3N2O2. The molecule has 1 aromatic heterocycles. The van der Waals surface area contributed by atoms with Gasteiger partial charge in [-0.05, 0) is 12.8 Å². The van der Waals surface area contributed by atoms with E-state index in [1.165, 1.54) is 0 Å². The third kappa shape index (κ3) is 2.23. The average Bonchev–Trinajstić information content (AvgIpc) is 2.67. The summed E-state index contributed by atoms with van der Waals surface area (Å²) in [5.41, 5.74) is 0. The summed E-state index contributed by atoms with van der Waals surface area (Å²) in [6.45, 7) is 0. The fourth-order valence-electron chi connectivity index (χ4n) is 1.70. The number of aromatic nitrogens is 2. The number of nitrogens with zero attached hydrogens (tertiary/aromatic N) is 2. The van der Waals surface area contributed by atoms with Crippen molar-refractivity contribution in [3.05, 3.63) is 11.7 Å². The zero-order valence-corrected chi connectivity index (χ0v) is 8.25. The topological polar surface area (TPSA) is 56.0 Å². The molecular weight excluding hydrogens is 225 g/mol. The van der Waals surface area contributed by atoms with Gasteiger partial charge in [0.05, 0.1) is 0 Å². The predicted molar refractivity (Wildman–Crippen MR) is 45.5 cm³/mol. The van der Waals surface area contributed by atoms with E-state index in [4.69, 9.17) is 0 Å². The Kier molecular flexibility index (Phi) is 2.69. The fraction of sp³-hybridized carbons (Fsp3) is 0.667. The summed E-state index contributed by atoms with van der Waals surface area (Å²) in [5.74, 6) is -1.35. The Hall–Kier alpha value is -1.40. The van der Waals surface area contributed by atoms with E-state index in [2.05, 4.69) is 14.7 Å². The lowest BCUT2D eigenvalue weighted by Gasteiger charge is -2.16. The van der Waals surface area contributed by atoms with E-state index in [0.29, 0.717) is 25.7 Å². The minimum atomic E-state index is -4.58. The molecule has 1 fully saturated rings. The molecule has 1 saturated carbocycles. The van der Waals surface area contributed by atoms with Crippen molar-refractivity contribution in [2.45, 2.75) is 37.8 Å². The first kappa shape index (κ1) is 11.1. The van der Waals surface area contributed by atoms with Crippen LogP contribution in [0.2, 0.25) is 0 Å². The summed E-state index contributed by atoms with van der Waals surface area (Å²) in [6, 6.07) is 0. The van der Waals surface area contributed by atoms with Crippen LogP contribution in [0.1, 0.15) is 43.3 Å². The van der Waals surface area contributed by atoms with Crippen molar-refractivity contribution in [3.8, 4) is 0 Å². The third-order valence-electron chi connectivity index (χ3n) is 2.59. The van der Waals surface area contributed by atoms with Crippen LogP contribution in [0.5, 0.6) is 0 Å². The van der Waals surface area contributed by atoms with Crippen LogP contribution in [0.15, 0.2) is 4.52 Å². The van der Waals surface area contributed by atoms with Gasteiger partial charge in [-0.2, -0.15) is 18.2 Å². The largest absolute Gasteiger partial charge is 0.455 e. The number of carbonyl (C=O) groups excluding carboxylic acids is 1. The Labute approximate surface area is 88.8 Å². The molecule has 1 aliphatic rings. The highest BCUT2D eigenvalue weighted by Gasteiger charge is 2.38. The van der Waals surface area contributed by atoms with E-state index in [0.717, 1.165) is 0 Å². The highest BCUT2D eigenvalue weighted by atomic mass is 19.4. The summed E-state index contributed by atoms with van der Waals surface area (Å²) in [7, 11) is 0. The van der Waals surface area contributed by atoms with Gasteiger partial charge in [0.15, 0.2) is 0 Å². The Morgan fingerprint density at radius 3 is 2.38 bits per heavy atom. The number of Topliss-reactive ketones (excluding diaryl/α,β-unsaturated/α-hetero) is 1. The fourth-order valence-corrected chi connectivity index (χ4v) is 1.70. The van der Waals surface area contributed by atoms with Crippen molar-refractivity contribution in [2.75, 3.05) is 0 Å². The smallest absolute Gasteiger partial charge is 0.339 e. The van der Waals surface area contributed by atoms with Crippen LogP contribution in [-0.4, -0.2) is 15.9 Å². The van der Waals surface area contributed by atoms with Gasteiger partial charge in [0.25, 0.3) is 5.82 Å². The van der Waals surface area contributed by atoms with E-state index in [-0.39, 0.29) is 17.6 Å². The third-order valence-corrected chi connectivity index (χ3v) is 2.59. The molecule has 0 N–H and O–H groups in total. The molecule has 0 saturated heterocycles. The van der Waals surface area contributed by atoms with Gasteiger partial charge in [0.1, 0.15) is 5.78 Å². The van der Waals surface area contributed by atoms with Gasteiger partial charge in [-0.1, -0.05) is 5.16 Å². The van der Waals surface area contributed by atoms with E-state index < -0.39 is 12.0 Å². The number of carbonyl (C=O) groups is 1. The first-order chi connectivity index (χ1) is 7.47. The lowest BCUT2D eigenvalue weighted by Crippen LogP contribution is -2.13. The number of hydrogen-bond donors (Lipinski definition) is 0. The summed E-state index contributed by atoms with van der Waals surface area (Å²) < 4.78 is 41.1. The maximum absolute atomic E-state index is 12.2. The molecule has 1 aliphatic carbocycles. The van der Waals surface area contributed by atoms with Crippen LogP contribution in [-0.2, 0) is 11.0 Å². The number of alkyl halides is 3. The van der Waals surface area contributed by atoms with Gasteiger partial charge in [-0.25, -0.2) is 0 Å². The summed E-state index contributed by atoms with van der Waals surface area (Å²) >= 11 is 0. The van der Waals surface area contributed by atoms with Gasteiger partial charge >= 0.3 is 6.18 Å². The Morgan fingerprint density at radius 1 is 1.25 bits per heavy atom. The van der Waals surface area contributed by atoms with Crippen molar-refractivity contribution in [1.29, 1.82) is 0 Å². The van der Waals surface area contributed by atoms with Crippen molar-refractivity contribution < 1.29 is 22.5 Å². The first-order valence-corrected chi connectivity index (χ1v) is 4.89. The normalized spacial score (nSPS) is 19.1. The second-order valence-electron chi connectivity index (χ2n) is 3.77. The molecule has 1 heterocycles. The quantitative estimate of drug-likeness (QED) is 0.748. The molecule has 0 radical (unpaired) electrons. The highest BCUT2D eigenvalue weighted by molar-refractivity contribution is 5.79. The zero-order valence-electron chi connectivity index (χ0n) is 8.25. The number of halogens is 3. The van der Waals surface area contributed by atoms with E-state index in [1.807, 2.05) is 0 Å². The van der Waals surface area contributed by atoms with Crippen molar-refractivity contribution in [3.63, 3.8) is 0 Å². The number of ketones is 1. The Morgan fingerprint density at radius 2 is 1.88 bits per heavy atom. The molecule has 0 bridgehead atoms. The molecule has 16 heavy (non-hydrogen) atoms. The summed E-state index contributed by atoms with van der Waals surface area (Å²) in [5, 5.41) is 2.89. The standard InChI is InChI=1S/C9H9F3N2O2/c10-9(11,12)8-13-7(16-14-8)5-1-3-6(15)4-2-5/h5H,1-4H2. The molecule has 0 aliphatic heterocycles. The summed E-state index contributed by atoms with van der Waals surface area (Å²) in [4.78, 5) is 14.3. The maximum Gasteiger partial charge on any atom is 0.455 e. The lowest BCUT2D eigenvalue weighted by atomic mass is 9.88. The second kappa shape index (κ2) is 3.88. The van der Waals surface area contributed by atoms with E-state index in [1.54, 1.807) is 0 Å². The molecule has 88 valence electrons. The van der Waals surface area contributed by atoms with Gasteiger partial charge in [-0.15, -0.1) is 0 Å². The molecule has 0 spiro atoms. The van der Waals surface area contributed by atoms with Crippen molar-refractivity contribution in [2.24, 2.45) is 0 Å². The average molecular weight is 234 g/mol. The van der Waals surface area contributed by atoms with Gasteiger partial charge in [0, 0.05) is 18.8 Å². The molecule has 2 rings (SSSR count). The minimum Gasteiger partial charge on any atom is -0.339 e. The van der Waals surface area contributed by atoms with Crippen LogP contribution in [0.25, 0.3) is 0 Å².